The summed E-state index contributed by atoms with van der Waals surface area (Å²) in [5, 5.41) is 0. The molecule has 18 heavy (non-hydrogen) atoms. The van der Waals surface area contributed by atoms with Gasteiger partial charge in [-0.25, -0.2) is 0 Å². The molecule has 2 N–H and O–H groups in total. The lowest BCUT2D eigenvalue weighted by Crippen LogP contribution is -2.23. The van der Waals surface area contributed by atoms with E-state index in [9.17, 15) is 0 Å². The lowest BCUT2D eigenvalue weighted by atomic mass is 10.1. The number of ether oxygens (including phenoxy) is 1. The molecule has 1 heterocycles. The summed E-state index contributed by atoms with van der Waals surface area (Å²) in [6, 6.07) is 6.61. The second-order valence-electron chi connectivity index (χ2n) is 5.09. The third kappa shape index (κ3) is 3.72. The highest BCUT2D eigenvalue weighted by molar-refractivity contribution is 5.39. The summed E-state index contributed by atoms with van der Waals surface area (Å²) in [5.41, 5.74) is 8.30. The first-order valence-electron chi connectivity index (χ1n) is 6.93. The summed E-state index contributed by atoms with van der Waals surface area (Å²) in [4.78, 5) is 2.39. The quantitative estimate of drug-likeness (QED) is 0.748. The Hall–Kier alpha value is -1.06. The molecule has 0 unspecified atom stereocenters. The molecule has 3 nitrogen and oxygen atoms in total. The van der Waals surface area contributed by atoms with Gasteiger partial charge >= 0.3 is 0 Å². The highest BCUT2D eigenvalue weighted by atomic mass is 16.5. The minimum atomic E-state index is 0.804. The van der Waals surface area contributed by atoms with Crippen LogP contribution >= 0.6 is 0 Å². The van der Waals surface area contributed by atoms with E-state index < -0.39 is 0 Å². The minimum Gasteiger partial charge on any atom is -0.493 e. The van der Waals surface area contributed by atoms with Crippen molar-refractivity contribution in [2.75, 3.05) is 33.3 Å². The van der Waals surface area contributed by atoms with E-state index in [0.717, 1.165) is 51.3 Å². The van der Waals surface area contributed by atoms with Crippen molar-refractivity contribution in [2.24, 2.45) is 5.73 Å². The number of unbranched alkanes of at least 4 members (excludes halogenated alkanes) is 1. The number of hydrogen-bond acceptors (Lipinski definition) is 3. The SMILES string of the molecule is CN(CCCCN)CCc1ccc2c(c1)CCO2. The normalized spacial score (nSPS) is 13.7. The highest BCUT2D eigenvalue weighted by Gasteiger charge is 2.11. The van der Waals surface area contributed by atoms with Crippen molar-refractivity contribution in [2.45, 2.75) is 25.7 Å². The predicted octanol–water partition coefficient (Wildman–Crippen LogP) is 1.83. The third-order valence-corrected chi connectivity index (χ3v) is 3.53. The fourth-order valence-corrected chi connectivity index (χ4v) is 2.35. The Morgan fingerprint density at radius 2 is 2.17 bits per heavy atom. The van der Waals surface area contributed by atoms with E-state index in [1.165, 1.54) is 17.5 Å². The molecule has 0 amide bonds. The topological polar surface area (TPSA) is 38.5 Å². The second-order valence-corrected chi connectivity index (χ2v) is 5.09. The van der Waals surface area contributed by atoms with E-state index in [-0.39, 0.29) is 0 Å². The smallest absolute Gasteiger partial charge is 0.122 e. The van der Waals surface area contributed by atoms with Gasteiger partial charge in [-0.15, -0.1) is 0 Å². The van der Waals surface area contributed by atoms with Gasteiger partial charge in [-0.3, -0.25) is 0 Å². The molecule has 3 heteroatoms. The Morgan fingerprint density at radius 1 is 1.28 bits per heavy atom. The van der Waals surface area contributed by atoms with Crippen molar-refractivity contribution >= 4 is 0 Å². The van der Waals surface area contributed by atoms with Crippen LogP contribution in [0, 0.1) is 0 Å². The average molecular weight is 248 g/mol. The molecular formula is C15H24N2O. The van der Waals surface area contributed by atoms with Crippen molar-refractivity contribution in [3.05, 3.63) is 29.3 Å². The maximum Gasteiger partial charge on any atom is 0.122 e. The summed E-state index contributed by atoms with van der Waals surface area (Å²) in [5.74, 6) is 1.08. The molecule has 0 aromatic heterocycles. The van der Waals surface area contributed by atoms with Gasteiger partial charge in [0.2, 0.25) is 0 Å². The number of hydrogen-bond donors (Lipinski definition) is 1. The maximum absolute atomic E-state index is 5.52. The first-order valence-corrected chi connectivity index (χ1v) is 6.93. The van der Waals surface area contributed by atoms with Gasteiger partial charge < -0.3 is 15.4 Å². The Morgan fingerprint density at radius 3 is 3.00 bits per heavy atom. The van der Waals surface area contributed by atoms with Gasteiger partial charge in [-0.1, -0.05) is 12.1 Å². The molecule has 1 aliphatic rings. The van der Waals surface area contributed by atoms with Gasteiger partial charge in [0.25, 0.3) is 0 Å². The molecule has 0 fully saturated rings. The van der Waals surface area contributed by atoms with Crippen molar-refractivity contribution in [1.82, 2.24) is 4.90 Å². The van der Waals surface area contributed by atoms with Crippen molar-refractivity contribution in [3.8, 4) is 5.75 Å². The van der Waals surface area contributed by atoms with Gasteiger partial charge in [-0.05, 0) is 56.6 Å². The molecule has 0 radical (unpaired) electrons. The van der Waals surface area contributed by atoms with E-state index in [1.54, 1.807) is 0 Å². The Bertz CT molecular complexity index is 379. The van der Waals surface area contributed by atoms with Crippen molar-refractivity contribution in [3.63, 3.8) is 0 Å². The lowest BCUT2D eigenvalue weighted by molar-refractivity contribution is 0.331. The Balaban J connectivity index is 1.76. The summed E-state index contributed by atoms with van der Waals surface area (Å²) in [6.07, 6.45) is 4.51. The maximum atomic E-state index is 5.52. The average Bonchev–Trinajstić information content (AvgIpc) is 2.84. The third-order valence-electron chi connectivity index (χ3n) is 3.53. The van der Waals surface area contributed by atoms with Crippen LogP contribution in [0.3, 0.4) is 0 Å². The summed E-state index contributed by atoms with van der Waals surface area (Å²) in [6.45, 7) is 3.91. The summed E-state index contributed by atoms with van der Waals surface area (Å²) in [7, 11) is 2.19. The number of nitrogens with two attached hydrogens (primary N) is 1. The minimum absolute atomic E-state index is 0.804. The van der Waals surface area contributed by atoms with E-state index in [0.29, 0.717) is 0 Å². The van der Waals surface area contributed by atoms with Crippen LogP contribution in [-0.4, -0.2) is 38.2 Å². The summed E-state index contributed by atoms with van der Waals surface area (Å²) < 4.78 is 5.52. The molecule has 0 aliphatic carbocycles. The predicted molar refractivity (Wildman–Crippen MR) is 75.1 cm³/mol. The lowest BCUT2D eigenvalue weighted by Gasteiger charge is -2.16. The van der Waals surface area contributed by atoms with E-state index in [2.05, 4.69) is 30.1 Å². The molecule has 0 saturated heterocycles. The number of likely N-dealkylation sites (N-methyl/N-ethyl adjacent to an activating group) is 1. The molecule has 100 valence electrons. The molecule has 2 rings (SSSR count). The van der Waals surface area contributed by atoms with Crippen LogP contribution < -0.4 is 10.5 Å². The van der Waals surface area contributed by atoms with E-state index in [1.807, 2.05) is 0 Å². The first-order chi connectivity index (χ1) is 8.79. The molecular weight excluding hydrogens is 224 g/mol. The molecule has 1 aromatic carbocycles. The van der Waals surface area contributed by atoms with Crippen LogP contribution in [0.5, 0.6) is 5.75 Å². The van der Waals surface area contributed by atoms with Crippen LogP contribution in [0.2, 0.25) is 0 Å². The van der Waals surface area contributed by atoms with Crippen molar-refractivity contribution in [1.29, 1.82) is 0 Å². The van der Waals surface area contributed by atoms with Crippen molar-refractivity contribution < 1.29 is 4.74 Å². The molecule has 1 aliphatic heterocycles. The molecule has 0 atom stereocenters. The number of benzene rings is 1. The number of rotatable bonds is 7. The number of nitrogens with zero attached hydrogens (tertiary/aromatic N) is 1. The van der Waals surface area contributed by atoms with Gasteiger partial charge in [0, 0.05) is 13.0 Å². The van der Waals surface area contributed by atoms with Crippen LogP contribution in [-0.2, 0) is 12.8 Å². The first kappa shape index (κ1) is 13.4. The van der Waals surface area contributed by atoms with E-state index >= 15 is 0 Å². The van der Waals surface area contributed by atoms with Crippen LogP contribution in [0.25, 0.3) is 0 Å². The van der Waals surface area contributed by atoms with Crippen LogP contribution in [0.1, 0.15) is 24.0 Å². The van der Waals surface area contributed by atoms with Crippen LogP contribution in [0.4, 0.5) is 0 Å². The van der Waals surface area contributed by atoms with Gasteiger partial charge in [0.15, 0.2) is 0 Å². The largest absolute Gasteiger partial charge is 0.493 e. The highest BCUT2D eigenvalue weighted by Crippen LogP contribution is 2.25. The Kier molecular flexibility index (Phi) is 5.02. The zero-order valence-electron chi connectivity index (χ0n) is 11.3. The zero-order chi connectivity index (χ0) is 12.8. The molecule has 0 bridgehead atoms. The van der Waals surface area contributed by atoms with Gasteiger partial charge in [0.05, 0.1) is 6.61 Å². The zero-order valence-corrected chi connectivity index (χ0v) is 11.3. The van der Waals surface area contributed by atoms with Gasteiger partial charge in [0.1, 0.15) is 5.75 Å². The van der Waals surface area contributed by atoms with Crippen LogP contribution in [0.15, 0.2) is 18.2 Å². The van der Waals surface area contributed by atoms with E-state index in [4.69, 9.17) is 10.5 Å². The monoisotopic (exact) mass is 248 g/mol. The molecule has 0 spiro atoms. The fourth-order valence-electron chi connectivity index (χ4n) is 2.35. The molecule has 1 aromatic rings. The van der Waals surface area contributed by atoms with Gasteiger partial charge in [-0.2, -0.15) is 0 Å². The Labute approximate surface area is 110 Å². The number of fused-ring (bicyclic) bond motifs is 1. The molecule has 0 saturated carbocycles. The summed E-state index contributed by atoms with van der Waals surface area (Å²) >= 11 is 0. The standard InChI is InChI=1S/C15H24N2O/c1-17(9-3-2-8-16)10-6-13-4-5-15-14(12-13)7-11-18-15/h4-5,12H,2-3,6-11,16H2,1H3. The fraction of sp³-hybridized carbons (Fsp3) is 0.600. The second kappa shape index (κ2) is 6.76.